The Hall–Kier alpha value is -2.17. The van der Waals surface area contributed by atoms with E-state index >= 15 is 0 Å². The zero-order chi connectivity index (χ0) is 32.0. The maximum Gasteiger partial charge on any atom is 0.306 e. The van der Waals surface area contributed by atoms with Crippen molar-refractivity contribution in [3.05, 3.63) is 72.9 Å². The van der Waals surface area contributed by atoms with Gasteiger partial charge in [0, 0.05) is 13.0 Å². The minimum atomic E-state index is -0.554. The average Bonchev–Trinajstić information content (AvgIpc) is 3.03. The zero-order valence-corrected chi connectivity index (χ0v) is 28.6. The molecule has 0 amide bonds. The highest BCUT2D eigenvalue weighted by Gasteiger charge is 2.13. The predicted molar refractivity (Wildman–Crippen MR) is 191 cm³/mol. The highest BCUT2D eigenvalue weighted by molar-refractivity contribution is 5.69. The van der Waals surface area contributed by atoms with Crippen LogP contribution in [0.25, 0.3) is 0 Å². The number of aliphatic hydroxyl groups excluding tert-OH is 1. The van der Waals surface area contributed by atoms with Crippen molar-refractivity contribution in [2.75, 3.05) is 19.8 Å². The highest BCUT2D eigenvalue weighted by Crippen LogP contribution is 2.10. The van der Waals surface area contributed by atoms with Crippen LogP contribution >= 0.6 is 0 Å². The number of ether oxygens (including phenoxy) is 2. The van der Waals surface area contributed by atoms with Gasteiger partial charge in [-0.2, -0.15) is 0 Å². The van der Waals surface area contributed by atoms with E-state index in [1.54, 1.807) is 0 Å². The van der Waals surface area contributed by atoms with Crippen LogP contribution in [0.1, 0.15) is 149 Å². The van der Waals surface area contributed by atoms with Crippen LogP contribution in [-0.2, 0) is 14.3 Å². The fourth-order valence-corrected chi connectivity index (χ4v) is 4.58. The van der Waals surface area contributed by atoms with Gasteiger partial charge in [0.05, 0.1) is 13.2 Å². The van der Waals surface area contributed by atoms with Gasteiger partial charge in [0.15, 0.2) is 0 Å². The van der Waals surface area contributed by atoms with Gasteiger partial charge in [0.1, 0.15) is 6.10 Å². The molecule has 0 rings (SSSR count). The number of rotatable bonds is 32. The maximum absolute atomic E-state index is 12.1. The number of esters is 1. The van der Waals surface area contributed by atoms with Crippen molar-refractivity contribution >= 4 is 5.97 Å². The molecule has 4 heteroatoms. The summed E-state index contributed by atoms with van der Waals surface area (Å²) < 4.78 is 11.1. The van der Waals surface area contributed by atoms with Crippen LogP contribution in [0.5, 0.6) is 0 Å². The molecule has 0 aromatic heterocycles. The summed E-state index contributed by atoms with van der Waals surface area (Å²) in [5.74, 6) is -0.224. The number of allylic oxidation sites excluding steroid dienone is 12. The summed E-state index contributed by atoms with van der Waals surface area (Å²) in [5, 5.41) is 9.54. The van der Waals surface area contributed by atoms with Crippen LogP contribution in [0.15, 0.2) is 72.9 Å². The molecule has 1 N–H and O–H groups in total. The molecule has 0 aromatic rings. The Kier molecular flexibility index (Phi) is 35.2. The quantitative estimate of drug-likeness (QED) is 0.0466. The SMILES string of the molecule is CC/C=C\C/C=C\C/C=C\C/C=C\C/C=C\CCCCCCOCC(CO)OC(=O)CCCCCCC/C=C\CCCCC. The molecule has 0 aromatic carbocycles. The standard InChI is InChI=1S/C40H68O4/c1-3-5-7-9-11-13-15-17-18-19-20-21-22-23-24-26-28-30-32-34-36-43-38-39(37-41)44-40(42)35-33-31-29-27-25-16-14-12-10-8-6-4-2/h5,7,11-14,17-18,20-21,23-24,39,41H,3-4,6,8-10,15-16,19,22,25-38H2,1-2H3/b7-5-,13-11-,14-12-,18-17-,21-20-,24-23-. The average molecular weight is 613 g/mol. The first-order valence-corrected chi connectivity index (χ1v) is 18.0. The van der Waals surface area contributed by atoms with Gasteiger partial charge in [-0.1, -0.05) is 132 Å². The molecule has 0 heterocycles. The van der Waals surface area contributed by atoms with Crippen molar-refractivity contribution in [2.24, 2.45) is 0 Å². The lowest BCUT2D eigenvalue weighted by Gasteiger charge is -2.15. The van der Waals surface area contributed by atoms with E-state index in [9.17, 15) is 9.90 Å². The maximum atomic E-state index is 12.1. The van der Waals surface area contributed by atoms with Crippen molar-refractivity contribution in [2.45, 2.75) is 155 Å². The molecule has 1 atom stereocenters. The number of aliphatic hydroxyl groups is 1. The molecular formula is C40H68O4. The Morgan fingerprint density at radius 1 is 0.568 bits per heavy atom. The number of unbranched alkanes of at least 4 members (excludes halogenated alkanes) is 12. The third kappa shape index (κ3) is 34.3. The van der Waals surface area contributed by atoms with Crippen LogP contribution < -0.4 is 0 Å². The van der Waals surface area contributed by atoms with Gasteiger partial charge in [-0.25, -0.2) is 0 Å². The van der Waals surface area contributed by atoms with E-state index < -0.39 is 6.10 Å². The van der Waals surface area contributed by atoms with Crippen molar-refractivity contribution < 1.29 is 19.4 Å². The van der Waals surface area contributed by atoms with Crippen LogP contribution in [0, 0.1) is 0 Å². The fraction of sp³-hybridized carbons (Fsp3) is 0.675. The van der Waals surface area contributed by atoms with Crippen LogP contribution in [0.3, 0.4) is 0 Å². The summed E-state index contributed by atoms with van der Waals surface area (Å²) in [5.41, 5.74) is 0. The smallest absolute Gasteiger partial charge is 0.306 e. The van der Waals surface area contributed by atoms with E-state index in [0.717, 1.165) is 77.0 Å². The Morgan fingerprint density at radius 2 is 1.02 bits per heavy atom. The number of carbonyl (C=O) groups excluding carboxylic acids is 1. The predicted octanol–water partition coefficient (Wildman–Crippen LogP) is 11.5. The van der Waals surface area contributed by atoms with Crippen LogP contribution in [0.4, 0.5) is 0 Å². The van der Waals surface area contributed by atoms with Gasteiger partial charge < -0.3 is 14.6 Å². The van der Waals surface area contributed by atoms with Crippen molar-refractivity contribution in [3.63, 3.8) is 0 Å². The molecule has 252 valence electrons. The molecule has 0 bridgehead atoms. The molecule has 0 saturated carbocycles. The lowest BCUT2D eigenvalue weighted by atomic mass is 10.1. The van der Waals surface area contributed by atoms with Gasteiger partial charge in [-0.05, 0) is 83.5 Å². The van der Waals surface area contributed by atoms with Crippen LogP contribution in [-0.4, -0.2) is 37.0 Å². The van der Waals surface area contributed by atoms with Gasteiger partial charge >= 0.3 is 5.97 Å². The molecule has 4 nitrogen and oxygen atoms in total. The third-order valence-corrected chi connectivity index (χ3v) is 7.27. The second-order valence-corrected chi connectivity index (χ2v) is 11.6. The molecule has 0 radical (unpaired) electrons. The first-order valence-electron chi connectivity index (χ1n) is 18.0. The number of carbonyl (C=O) groups is 1. The van der Waals surface area contributed by atoms with Crippen molar-refractivity contribution in [1.82, 2.24) is 0 Å². The van der Waals surface area contributed by atoms with E-state index in [1.165, 1.54) is 51.4 Å². The highest BCUT2D eigenvalue weighted by atomic mass is 16.6. The Bertz CT molecular complexity index is 774. The molecule has 0 aliphatic heterocycles. The van der Waals surface area contributed by atoms with Gasteiger partial charge in [0.25, 0.3) is 0 Å². The second kappa shape index (κ2) is 37.0. The minimum absolute atomic E-state index is 0.190. The largest absolute Gasteiger partial charge is 0.457 e. The fourth-order valence-electron chi connectivity index (χ4n) is 4.58. The summed E-state index contributed by atoms with van der Waals surface area (Å²) in [7, 11) is 0. The lowest BCUT2D eigenvalue weighted by molar-refractivity contribution is -0.154. The summed E-state index contributed by atoms with van der Waals surface area (Å²) in [6.07, 6.45) is 49.4. The molecule has 0 aliphatic rings. The van der Waals surface area contributed by atoms with Crippen molar-refractivity contribution in [3.8, 4) is 0 Å². The Labute approximate surface area is 272 Å². The van der Waals surface area contributed by atoms with Gasteiger partial charge in [-0.3, -0.25) is 4.79 Å². The first-order chi connectivity index (χ1) is 21.7. The molecule has 0 spiro atoms. The second-order valence-electron chi connectivity index (χ2n) is 11.6. The number of hydrogen-bond donors (Lipinski definition) is 1. The minimum Gasteiger partial charge on any atom is -0.457 e. The Balaban J connectivity index is 3.56. The monoisotopic (exact) mass is 613 g/mol. The van der Waals surface area contributed by atoms with E-state index in [-0.39, 0.29) is 19.2 Å². The van der Waals surface area contributed by atoms with Gasteiger partial charge in [0.2, 0.25) is 0 Å². The number of hydrogen-bond acceptors (Lipinski definition) is 4. The summed E-state index contributed by atoms with van der Waals surface area (Å²) in [6.45, 7) is 5.12. The van der Waals surface area contributed by atoms with Crippen LogP contribution in [0.2, 0.25) is 0 Å². The molecule has 0 fully saturated rings. The Morgan fingerprint density at radius 3 is 1.57 bits per heavy atom. The van der Waals surface area contributed by atoms with E-state index in [2.05, 4.69) is 86.8 Å². The third-order valence-electron chi connectivity index (χ3n) is 7.27. The zero-order valence-electron chi connectivity index (χ0n) is 28.6. The normalized spacial score (nSPS) is 13.2. The van der Waals surface area contributed by atoms with E-state index in [0.29, 0.717) is 13.0 Å². The molecule has 0 aliphatic carbocycles. The lowest BCUT2D eigenvalue weighted by Crippen LogP contribution is -2.27. The topological polar surface area (TPSA) is 55.8 Å². The summed E-state index contributed by atoms with van der Waals surface area (Å²) >= 11 is 0. The first kappa shape index (κ1) is 41.8. The van der Waals surface area contributed by atoms with E-state index in [4.69, 9.17) is 9.47 Å². The summed E-state index contributed by atoms with van der Waals surface area (Å²) in [4.78, 5) is 12.1. The molecule has 0 saturated heterocycles. The van der Waals surface area contributed by atoms with Crippen molar-refractivity contribution in [1.29, 1.82) is 0 Å². The molecule has 1 unspecified atom stereocenters. The summed E-state index contributed by atoms with van der Waals surface area (Å²) in [6, 6.07) is 0. The van der Waals surface area contributed by atoms with Gasteiger partial charge in [-0.15, -0.1) is 0 Å². The van der Waals surface area contributed by atoms with E-state index in [1.807, 2.05) is 0 Å². The molecular weight excluding hydrogens is 544 g/mol. The molecule has 44 heavy (non-hydrogen) atoms.